The quantitative estimate of drug-likeness (QED) is 0.647. The van der Waals surface area contributed by atoms with E-state index in [9.17, 15) is 19.6 Å². The van der Waals surface area contributed by atoms with Gasteiger partial charge in [0.05, 0.1) is 10.5 Å². The fourth-order valence-corrected chi connectivity index (χ4v) is 3.10. The number of nitro groups is 1. The SMILES string of the molecule is CC1CCCC(O)(CNCc2cc(F)ccc2[N+](=O)[O-])C1. The zero-order valence-electron chi connectivity index (χ0n) is 12.1. The van der Waals surface area contributed by atoms with Gasteiger partial charge in [0, 0.05) is 24.7 Å². The Bertz CT molecular complexity index is 524. The van der Waals surface area contributed by atoms with Gasteiger partial charge in [0.15, 0.2) is 0 Å². The Morgan fingerprint density at radius 1 is 1.57 bits per heavy atom. The molecule has 2 rings (SSSR count). The summed E-state index contributed by atoms with van der Waals surface area (Å²) in [5.74, 6) is -0.0172. The Morgan fingerprint density at radius 2 is 2.33 bits per heavy atom. The fourth-order valence-electron chi connectivity index (χ4n) is 3.10. The molecule has 21 heavy (non-hydrogen) atoms. The number of hydrogen-bond acceptors (Lipinski definition) is 4. The molecule has 0 heterocycles. The molecule has 1 aromatic rings. The minimum atomic E-state index is -0.764. The Hall–Kier alpha value is -1.53. The standard InChI is InChI=1S/C15H21FN2O3/c1-11-3-2-6-15(19,8-11)10-17-9-12-7-13(16)4-5-14(12)18(20)21/h4-5,7,11,17,19H,2-3,6,8-10H2,1H3. The van der Waals surface area contributed by atoms with Gasteiger partial charge >= 0.3 is 0 Å². The highest BCUT2D eigenvalue weighted by Gasteiger charge is 2.32. The predicted molar refractivity (Wildman–Crippen MR) is 77.3 cm³/mol. The zero-order chi connectivity index (χ0) is 15.5. The van der Waals surface area contributed by atoms with Crippen LogP contribution in [0.1, 0.15) is 38.2 Å². The summed E-state index contributed by atoms with van der Waals surface area (Å²) in [5.41, 5.74) is -0.569. The van der Waals surface area contributed by atoms with Crippen molar-refractivity contribution in [3.63, 3.8) is 0 Å². The number of nitro benzene ring substituents is 1. The molecule has 1 saturated carbocycles. The molecule has 0 radical (unpaired) electrons. The molecule has 6 heteroatoms. The van der Waals surface area contributed by atoms with Crippen molar-refractivity contribution in [3.05, 3.63) is 39.7 Å². The molecule has 0 aliphatic heterocycles. The van der Waals surface area contributed by atoms with Crippen LogP contribution in [0, 0.1) is 21.8 Å². The third kappa shape index (κ3) is 4.22. The average molecular weight is 296 g/mol. The van der Waals surface area contributed by atoms with E-state index in [4.69, 9.17) is 0 Å². The van der Waals surface area contributed by atoms with Crippen LogP contribution in [0.15, 0.2) is 18.2 Å². The minimum Gasteiger partial charge on any atom is -0.389 e. The highest BCUT2D eigenvalue weighted by Crippen LogP contribution is 2.31. The lowest BCUT2D eigenvalue weighted by molar-refractivity contribution is -0.385. The number of aliphatic hydroxyl groups is 1. The van der Waals surface area contributed by atoms with E-state index in [1.165, 1.54) is 12.1 Å². The summed E-state index contributed by atoms with van der Waals surface area (Å²) >= 11 is 0. The molecule has 0 spiro atoms. The van der Waals surface area contributed by atoms with E-state index < -0.39 is 16.3 Å². The second kappa shape index (κ2) is 6.49. The van der Waals surface area contributed by atoms with E-state index in [0.717, 1.165) is 31.7 Å². The topological polar surface area (TPSA) is 75.4 Å². The van der Waals surface area contributed by atoms with Crippen LogP contribution < -0.4 is 5.32 Å². The van der Waals surface area contributed by atoms with Crippen molar-refractivity contribution in [1.82, 2.24) is 5.32 Å². The van der Waals surface area contributed by atoms with Crippen LogP contribution in [0.5, 0.6) is 0 Å². The molecule has 1 aliphatic carbocycles. The molecule has 0 aromatic heterocycles. The van der Waals surface area contributed by atoms with Gasteiger partial charge in [-0.05, 0) is 30.9 Å². The summed E-state index contributed by atoms with van der Waals surface area (Å²) in [4.78, 5) is 10.4. The largest absolute Gasteiger partial charge is 0.389 e. The molecular weight excluding hydrogens is 275 g/mol. The molecule has 1 aromatic carbocycles. The molecule has 0 amide bonds. The zero-order valence-corrected chi connectivity index (χ0v) is 12.1. The van der Waals surface area contributed by atoms with Crippen LogP contribution in [0.25, 0.3) is 0 Å². The van der Waals surface area contributed by atoms with Gasteiger partial charge in [0.25, 0.3) is 5.69 Å². The smallest absolute Gasteiger partial charge is 0.274 e. The van der Waals surface area contributed by atoms with E-state index in [2.05, 4.69) is 12.2 Å². The van der Waals surface area contributed by atoms with Crippen molar-refractivity contribution in [1.29, 1.82) is 0 Å². The van der Waals surface area contributed by atoms with Gasteiger partial charge in [-0.3, -0.25) is 10.1 Å². The molecule has 1 aliphatic rings. The van der Waals surface area contributed by atoms with Crippen molar-refractivity contribution in [2.75, 3.05) is 6.54 Å². The first-order chi connectivity index (χ1) is 9.89. The molecule has 5 nitrogen and oxygen atoms in total. The summed E-state index contributed by atoms with van der Waals surface area (Å²) in [5, 5.41) is 24.4. The number of nitrogens with zero attached hydrogens (tertiary/aromatic N) is 1. The van der Waals surface area contributed by atoms with Gasteiger partial charge in [-0.2, -0.15) is 0 Å². The van der Waals surface area contributed by atoms with Gasteiger partial charge in [-0.25, -0.2) is 4.39 Å². The van der Waals surface area contributed by atoms with Crippen molar-refractivity contribution in [3.8, 4) is 0 Å². The summed E-state index contributed by atoms with van der Waals surface area (Å²) in [7, 11) is 0. The van der Waals surface area contributed by atoms with Crippen molar-refractivity contribution in [2.45, 2.75) is 44.8 Å². The lowest BCUT2D eigenvalue weighted by Gasteiger charge is -2.35. The normalized spacial score (nSPS) is 25.8. The van der Waals surface area contributed by atoms with Gasteiger partial charge in [0.1, 0.15) is 5.82 Å². The van der Waals surface area contributed by atoms with E-state index in [1.54, 1.807) is 0 Å². The highest BCUT2D eigenvalue weighted by atomic mass is 19.1. The van der Waals surface area contributed by atoms with Crippen molar-refractivity contribution < 1.29 is 14.4 Å². The predicted octanol–water partition coefficient (Wildman–Crippen LogP) is 2.76. The molecule has 116 valence electrons. The number of rotatable bonds is 5. The molecule has 1 fully saturated rings. The van der Waals surface area contributed by atoms with Crippen LogP contribution >= 0.6 is 0 Å². The van der Waals surface area contributed by atoms with Crippen molar-refractivity contribution in [2.24, 2.45) is 5.92 Å². The Balaban J connectivity index is 1.97. The van der Waals surface area contributed by atoms with Gasteiger partial charge < -0.3 is 10.4 Å². The Kier molecular flexibility index (Phi) is 4.90. The number of hydrogen-bond donors (Lipinski definition) is 2. The van der Waals surface area contributed by atoms with Crippen LogP contribution in [0.3, 0.4) is 0 Å². The molecule has 0 saturated heterocycles. The average Bonchev–Trinajstić information content (AvgIpc) is 2.37. The second-order valence-corrected chi connectivity index (χ2v) is 6.06. The summed E-state index contributed by atoms with van der Waals surface area (Å²) < 4.78 is 13.2. The van der Waals surface area contributed by atoms with E-state index in [-0.39, 0.29) is 12.2 Å². The maximum Gasteiger partial charge on any atom is 0.274 e. The summed E-state index contributed by atoms with van der Waals surface area (Å²) in [6.45, 7) is 2.65. The van der Waals surface area contributed by atoms with Crippen LogP contribution in [-0.4, -0.2) is 22.2 Å². The first-order valence-corrected chi connectivity index (χ1v) is 7.25. The van der Waals surface area contributed by atoms with Crippen LogP contribution in [0.2, 0.25) is 0 Å². The van der Waals surface area contributed by atoms with Gasteiger partial charge in [0.2, 0.25) is 0 Å². The molecule has 2 unspecified atom stereocenters. The highest BCUT2D eigenvalue weighted by molar-refractivity contribution is 5.40. The Morgan fingerprint density at radius 3 is 3.00 bits per heavy atom. The van der Waals surface area contributed by atoms with Crippen LogP contribution in [-0.2, 0) is 6.54 Å². The second-order valence-electron chi connectivity index (χ2n) is 6.06. The number of halogens is 1. The molecule has 2 N–H and O–H groups in total. The summed E-state index contributed by atoms with van der Waals surface area (Å²) in [6, 6.07) is 3.42. The maximum atomic E-state index is 13.2. The van der Waals surface area contributed by atoms with Gasteiger partial charge in [-0.15, -0.1) is 0 Å². The molecule has 0 bridgehead atoms. The number of nitrogens with one attached hydrogen (secondary N) is 1. The lowest BCUT2D eigenvalue weighted by Crippen LogP contribution is -2.43. The minimum absolute atomic E-state index is 0.104. The maximum absolute atomic E-state index is 13.2. The first kappa shape index (κ1) is 15.9. The monoisotopic (exact) mass is 296 g/mol. The van der Waals surface area contributed by atoms with E-state index in [0.29, 0.717) is 18.0 Å². The summed E-state index contributed by atoms with van der Waals surface area (Å²) in [6.07, 6.45) is 3.57. The van der Waals surface area contributed by atoms with Gasteiger partial charge in [-0.1, -0.05) is 19.8 Å². The van der Waals surface area contributed by atoms with Crippen molar-refractivity contribution >= 4 is 5.69 Å². The first-order valence-electron chi connectivity index (χ1n) is 7.25. The fraction of sp³-hybridized carbons (Fsp3) is 0.600. The lowest BCUT2D eigenvalue weighted by atomic mass is 9.79. The van der Waals surface area contributed by atoms with Crippen LogP contribution in [0.4, 0.5) is 10.1 Å². The van der Waals surface area contributed by atoms with E-state index in [1.807, 2.05) is 0 Å². The third-order valence-electron chi connectivity index (χ3n) is 4.08. The third-order valence-corrected chi connectivity index (χ3v) is 4.08. The number of benzene rings is 1. The molecular formula is C15H21FN2O3. The Labute approximate surface area is 123 Å². The van der Waals surface area contributed by atoms with E-state index >= 15 is 0 Å². The molecule has 2 atom stereocenters.